The Morgan fingerprint density at radius 3 is 2.56 bits per heavy atom. The molecule has 1 aliphatic heterocycles. The summed E-state index contributed by atoms with van der Waals surface area (Å²) in [5.41, 5.74) is 1.53. The highest BCUT2D eigenvalue weighted by atomic mass is 16.6. The highest BCUT2D eigenvalue weighted by Gasteiger charge is 2.44. The lowest BCUT2D eigenvalue weighted by molar-refractivity contribution is -0.118. The van der Waals surface area contributed by atoms with Crippen LogP contribution in [-0.2, 0) is 14.9 Å². The summed E-state index contributed by atoms with van der Waals surface area (Å²) in [6, 6.07) is 8.08. The summed E-state index contributed by atoms with van der Waals surface area (Å²) >= 11 is 0. The van der Waals surface area contributed by atoms with Crippen LogP contribution in [0.4, 0.5) is 10.5 Å². The molecule has 1 N–H and O–H groups in total. The van der Waals surface area contributed by atoms with Crippen molar-refractivity contribution in [3.8, 4) is 0 Å². The third-order valence-electron chi connectivity index (χ3n) is 4.72. The highest BCUT2D eigenvalue weighted by Crippen LogP contribution is 2.46. The molecule has 1 atom stereocenters. The van der Waals surface area contributed by atoms with Gasteiger partial charge in [-0.25, -0.2) is 4.79 Å². The van der Waals surface area contributed by atoms with Crippen LogP contribution in [-0.4, -0.2) is 30.7 Å². The molecule has 5 nitrogen and oxygen atoms in total. The van der Waals surface area contributed by atoms with Gasteiger partial charge in [-0.15, -0.1) is 0 Å². The molecule has 0 bridgehead atoms. The maximum atomic E-state index is 12.7. The number of nitrogens with zero attached hydrogens (tertiary/aromatic N) is 1. The number of hydrogen-bond donors (Lipinski definition) is 1. The largest absolute Gasteiger partial charge is 0.443 e. The molecule has 0 spiro atoms. The molecule has 0 fully saturated rings. The molecular formula is C20H30N2O3. The Kier molecular flexibility index (Phi) is 5.76. The van der Waals surface area contributed by atoms with Gasteiger partial charge in [0, 0.05) is 25.4 Å². The van der Waals surface area contributed by atoms with Crippen molar-refractivity contribution < 1.29 is 14.3 Å². The molecule has 2 amide bonds. The molecule has 1 aromatic carbocycles. The molecule has 2 rings (SSSR count). The molecule has 25 heavy (non-hydrogen) atoms. The van der Waals surface area contributed by atoms with E-state index < -0.39 is 5.60 Å². The van der Waals surface area contributed by atoms with Gasteiger partial charge in [-0.05, 0) is 51.7 Å². The van der Waals surface area contributed by atoms with Crippen molar-refractivity contribution in [2.45, 2.75) is 64.9 Å². The Labute approximate surface area is 150 Å². The lowest BCUT2D eigenvalue weighted by Crippen LogP contribution is -2.40. The average molecular weight is 346 g/mol. The molecule has 1 heterocycles. The fraction of sp³-hybridized carbons (Fsp3) is 0.600. The number of para-hydroxylation sites is 1. The molecule has 0 saturated heterocycles. The maximum absolute atomic E-state index is 12.7. The van der Waals surface area contributed by atoms with Crippen LogP contribution in [0.5, 0.6) is 0 Å². The Bertz CT molecular complexity index is 636. The minimum atomic E-state index is -0.519. The molecule has 1 aromatic rings. The van der Waals surface area contributed by atoms with Gasteiger partial charge in [0.05, 0.1) is 5.69 Å². The first kappa shape index (κ1) is 19.3. The summed E-state index contributed by atoms with van der Waals surface area (Å²) < 4.78 is 5.60. The molecule has 0 aromatic heterocycles. The minimum Gasteiger partial charge on any atom is -0.443 e. The van der Waals surface area contributed by atoms with Crippen LogP contribution in [0, 0.1) is 0 Å². The summed E-state index contributed by atoms with van der Waals surface area (Å²) in [7, 11) is 0. The highest BCUT2D eigenvalue weighted by molar-refractivity contribution is 5.91. The third-order valence-corrected chi connectivity index (χ3v) is 4.72. The Morgan fingerprint density at radius 2 is 1.96 bits per heavy atom. The van der Waals surface area contributed by atoms with Crippen LogP contribution >= 0.6 is 0 Å². The monoisotopic (exact) mass is 346 g/mol. The number of hydrogen-bond acceptors (Lipinski definition) is 3. The molecule has 138 valence electrons. The predicted molar refractivity (Wildman–Crippen MR) is 99.9 cm³/mol. The van der Waals surface area contributed by atoms with Crippen LogP contribution in [0.25, 0.3) is 0 Å². The van der Waals surface area contributed by atoms with E-state index >= 15 is 0 Å². The Balaban J connectivity index is 2.22. The predicted octanol–water partition coefficient (Wildman–Crippen LogP) is 4.01. The van der Waals surface area contributed by atoms with E-state index in [4.69, 9.17) is 4.74 Å². The van der Waals surface area contributed by atoms with Gasteiger partial charge in [0.1, 0.15) is 5.60 Å². The second-order valence-corrected chi connectivity index (χ2v) is 7.80. The molecule has 0 radical (unpaired) electrons. The lowest BCUT2D eigenvalue weighted by atomic mass is 9.76. The smallest absolute Gasteiger partial charge is 0.414 e. The fourth-order valence-corrected chi connectivity index (χ4v) is 3.49. The van der Waals surface area contributed by atoms with Crippen LogP contribution in [0.15, 0.2) is 24.3 Å². The summed E-state index contributed by atoms with van der Waals surface area (Å²) in [6.45, 7) is 10.6. The van der Waals surface area contributed by atoms with E-state index in [1.807, 2.05) is 39.0 Å². The normalized spacial score (nSPS) is 19.5. The topological polar surface area (TPSA) is 58.6 Å². The molecule has 0 saturated carbocycles. The number of fused-ring (bicyclic) bond motifs is 1. The second kappa shape index (κ2) is 7.46. The zero-order chi connectivity index (χ0) is 18.7. The van der Waals surface area contributed by atoms with Gasteiger partial charge in [-0.3, -0.25) is 9.69 Å². The number of nitrogens with one attached hydrogen (secondary N) is 1. The minimum absolute atomic E-state index is 0.00671. The maximum Gasteiger partial charge on any atom is 0.414 e. The van der Waals surface area contributed by atoms with Gasteiger partial charge in [-0.2, -0.15) is 0 Å². The quantitative estimate of drug-likeness (QED) is 0.820. The number of benzene rings is 1. The van der Waals surface area contributed by atoms with Crippen molar-refractivity contribution in [3.63, 3.8) is 0 Å². The van der Waals surface area contributed by atoms with Crippen LogP contribution in [0.3, 0.4) is 0 Å². The van der Waals surface area contributed by atoms with Crippen LogP contribution in [0.2, 0.25) is 0 Å². The van der Waals surface area contributed by atoms with Gasteiger partial charge < -0.3 is 10.1 Å². The van der Waals surface area contributed by atoms with Crippen molar-refractivity contribution in [2.75, 3.05) is 18.0 Å². The van der Waals surface area contributed by atoms with Crippen molar-refractivity contribution in [1.82, 2.24) is 5.32 Å². The number of anilines is 1. The van der Waals surface area contributed by atoms with E-state index in [1.54, 1.807) is 4.90 Å². The van der Waals surface area contributed by atoms with Gasteiger partial charge in [0.2, 0.25) is 5.91 Å². The first-order valence-corrected chi connectivity index (χ1v) is 9.03. The van der Waals surface area contributed by atoms with Crippen molar-refractivity contribution in [2.24, 2.45) is 0 Å². The SMILES string of the molecule is CCC1(CCCNC(C)=O)CN(C(=O)OC(C)(C)C)c2ccccc21. The van der Waals surface area contributed by atoms with E-state index in [0.29, 0.717) is 13.1 Å². The van der Waals surface area contributed by atoms with Crippen LogP contribution < -0.4 is 10.2 Å². The van der Waals surface area contributed by atoms with E-state index in [1.165, 1.54) is 12.5 Å². The second-order valence-electron chi connectivity index (χ2n) is 7.80. The van der Waals surface area contributed by atoms with E-state index in [9.17, 15) is 9.59 Å². The molecular weight excluding hydrogens is 316 g/mol. The molecule has 0 aliphatic carbocycles. The van der Waals surface area contributed by atoms with E-state index in [-0.39, 0.29) is 17.4 Å². The number of carbonyl (C=O) groups is 2. The molecule has 5 heteroatoms. The Hall–Kier alpha value is -2.04. The zero-order valence-corrected chi connectivity index (χ0v) is 16.0. The molecule has 1 aliphatic rings. The number of rotatable bonds is 5. The van der Waals surface area contributed by atoms with Gasteiger partial charge in [0.15, 0.2) is 0 Å². The summed E-state index contributed by atoms with van der Waals surface area (Å²) in [6.07, 6.45) is 2.44. The number of amides is 2. The summed E-state index contributed by atoms with van der Waals surface area (Å²) in [5, 5.41) is 2.86. The third kappa shape index (κ3) is 4.53. The van der Waals surface area contributed by atoms with Crippen LogP contribution in [0.1, 0.15) is 59.4 Å². The summed E-state index contributed by atoms with van der Waals surface area (Å²) in [5.74, 6) is -0.00671. The number of carbonyl (C=O) groups excluding carboxylic acids is 2. The van der Waals surface area contributed by atoms with Crippen molar-refractivity contribution in [1.29, 1.82) is 0 Å². The zero-order valence-electron chi connectivity index (χ0n) is 16.0. The van der Waals surface area contributed by atoms with Crippen molar-refractivity contribution >= 4 is 17.7 Å². The first-order valence-electron chi connectivity index (χ1n) is 9.03. The number of ether oxygens (including phenoxy) is 1. The lowest BCUT2D eigenvalue weighted by Gasteiger charge is -2.30. The summed E-state index contributed by atoms with van der Waals surface area (Å²) in [4.78, 5) is 25.5. The van der Waals surface area contributed by atoms with Crippen molar-refractivity contribution in [3.05, 3.63) is 29.8 Å². The van der Waals surface area contributed by atoms with E-state index in [2.05, 4.69) is 18.3 Å². The fourth-order valence-electron chi connectivity index (χ4n) is 3.49. The van der Waals surface area contributed by atoms with Gasteiger partial charge in [-0.1, -0.05) is 25.1 Å². The van der Waals surface area contributed by atoms with Gasteiger partial charge in [0.25, 0.3) is 0 Å². The van der Waals surface area contributed by atoms with Gasteiger partial charge >= 0.3 is 6.09 Å². The van der Waals surface area contributed by atoms with E-state index in [0.717, 1.165) is 24.9 Å². The standard InChI is InChI=1S/C20H30N2O3/c1-6-20(12-9-13-21-15(2)23)14-22(18(24)25-19(3,4)5)17-11-8-7-10-16(17)20/h7-8,10-11H,6,9,12-14H2,1-5H3,(H,21,23). The Morgan fingerprint density at radius 1 is 1.28 bits per heavy atom. The molecule has 1 unspecified atom stereocenters. The average Bonchev–Trinajstić information content (AvgIpc) is 2.86. The first-order chi connectivity index (χ1) is 11.7.